The fourth-order valence-corrected chi connectivity index (χ4v) is 4.64. The van der Waals surface area contributed by atoms with Gasteiger partial charge in [-0.3, -0.25) is 14.5 Å². The van der Waals surface area contributed by atoms with Gasteiger partial charge in [-0.2, -0.15) is 0 Å². The maximum Gasteiger partial charge on any atom is 0.335 e. The number of hydrogen-bond acceptors (Lipinski definition) is 6. The first kappa shape index (κ1) is 24.0. The molecule has 1 aliphatic heterocycles. The van der Waals surface area contributed by atoms with Crippen LogP contribution < -0.4 is 10.1 Å². The highest BCUT2D eigenvalue weighted by Crippen LogP contribution is 2.33. The number of anilines is 1. The molecule has 35 heavy (non-hydrogen) atoms. The van der Waals surface area contributed by atoms with Gasteiger partial charge in [0.05, 0.1) is 24.9 Å². The Labute approximate surface area is 206 Å². The zero-order valence-electron chi connectivity index (χ0n) is 18.9. The third kappa shape index (κ3) is 6.07. The molecular formula is C26H23N3O5S. The maximum atomic E-state index is 13.3. The van der Waals surface area contributed by atoms with Crippen LogP contribution in [0.4, 0.5) is 11.4 Å². The SMILES string of the molecule is COc1ccc(N=C2S[C@H](CC(=O)Nc3ccc(C(=O)O)cc3)C(=O)N2Cc2ccccc2)cc1. The van der Waals surface area contributed by atoms with Crippen molar-refractivity contribution in [1.29, 1.82) is 0 Å². The predicted molar refractivity (Wildman–Crippen MR) is 135 cm³/mol. The molecule has 8 nitrogen and oxygen atoms in total. The van der Waals surface area contributed by atoms with Crippen LogP contribution in [0, 0.1) is 0 Å². The normalized spacial score (nSPS) is 16.4. The van der Waals surface area contributed by atoms with Gasteiger partial charge in [-0.15, -0.1) is 0 Å². The summed E-state index contributed by atoms with van der Waals surface area (Å²) in [5.41, 5.74) is 2.21. The van der Waals surface area contributed by atoms with Gasteiger partial charge in [0.15, 0.2) is 5.17 Å². The molecule has 1 aliphatic rings. The van der Waals surface area contributed by atoms with E-state index in [1.165, 1.54) is 36.0 Å². The first-order chi connectivity index (χ1) is 16.9. The van der Waals surface area contributed by atoms with E-state index in [-0.39, 0.29) is 23.8 Å². The molecule has 1 heterocycles. The Kier molecular flexibility index (Phi) is 7.47. The van der Waals surface area contributed by atoms with E-state index in [1.54, 1.807) is 36.3 Å². The van der Waals surface area contributed by atoms with Gasteiger partial charge in [0.25, 0.3) is 0 Å². The van der Waals surface area contributed by atoms with Crippen LogP contribution in [0.3, 0.4) is 0 Å². The Balaban J connectivity index is 1.51. The zero-order chi connectivity index (χ0) is 24.8. The summed E-state index contributed by atoms with van der Waals surface area (Å²) >= 11 is 1.25. The van der Waals surface area contributed by atoms with Gasteiger partial charge in [-0.1, -0.05) is 42.1 Å². The summed E-state index contributed by atoms with van der Waals surface area (Å²) in [6, 6.07) is 22.6. The van der Waals surface area contributed by atoms with Crippen molar-refractivity contribution in [3.63, 3.8) is 0 Å². The number of carboxylic acid groups (broad SMARTS) is 1. The molecule has 4 rings (SSSR count). The van der Waals surface area contributed by atoms with Gasteiger partial charge in [-0.05, 0) is 54.1 Å². The number of nitrogens with zero attached hydrogens (tertiary/aromatic N) is 2. The average Bonchev–Trinajstić information content (AvgIpc) is 3.14. The topological polar surface area (TPSA) is 108 Å². The molecule has 3 aromatic rings. The second kappa shape index (κ2) is 10.9. The highest BCUT2D eigenvalue weighted by Gasteiger charge is 2.39. The number of aliphatic imine (C=N–C) groups is 1. The number of ether oxygens (including phenoxy) is 1. The van der Waals surface area contributed by atoms with Gasteiger partial charge >= 0.3 is 5.97 Å². The van der Waals surface area contributed by atoms with E-state index in [9.17, 15) is 14.4 Å². The number of rotatable bonds is 8. The van der Waals surface area contributed by atoms with E-state index in [2.05, 4.69) is 10.3 Å². The maximum absolute atomic E-state index is 13.3. The molecule has 1 fully saturated rings. The van der Waals surface area contributed by atoms with Crippen LogP contribution >= 0.6 is 11.8 Å². The molecule has 178 valence electrons. The Morgan fingerprint density at radius 1 is 1.03 bits per heavy atom. The van der Waals surface area contributed by atoms with Crippen molar-refractivity contribution in [3.05, 3.63) is 90.0 Å². The smallest absolute Gasteiger partial charge is 0.335 e. The van der Waals surface area contributed by atoms with Gasteiger partial charge in [0.1, 0.15) is 11.0 Å². The molecule has 0 spiro atoms. The fourth-order valence-electron chi connectivity index (χ4n) is 3.48. The molecule has 0 unspecified atom stereocenters. The van der Waals surface area contributed by atoms with Gasteiger partial charge in [0, 0.05) is 12.1 Å². The van der Waals surface area contributed by atoms with Crippen LogP contribution in [0.15, 0.2) is 83.9 Å². The van der Waals surface area contributed by atoms with E-state index >= 15 is 0 Å². The van der Waals surface area contributed by atoms with Crippen LogP contribution in [-0.4, -0.2) is 45.3 Å². The summed E-state index contributed by atoms with van der Waals surface area (Å²) in [5, 5.41) is 11.6. The lowest BCUT2D eigenvalue weighted by Crippen LogP contribution is -2.33. The molecule has 9 heteroatoms. The molecule has 0 aromatic heterocycles. The van der Waals surface area contributed by atoms with Crippen molar-refractivity contribution < 1.29 is 24.2 Å². The Hall–Kier alpha value is -4.11. The van der Waals surface area contributed by atoms with Crippen molar-refractivity contribution >= 4 is 46.1 Å². The van der Waals surface area contributed by atoms with E-state index in [4.69, 9.17) is 9.84 Å². The minimum Gasteiger partial charge on any atom is -0.497 e. The van der Waals surface area contributed by atoms with Gasteiger partial charge < -0.3 is 15.2 Å². The lowest BCUT2D eigenvalue weighted by atomic mass is 10.2. The van der Waals surface area contributed by atoms with E-state index in [0.717, 1.165) is 5.56 Å². The summed E-state index contributed by atoms with van der Waals surface area (Å²) in [5.74, 6) is -0.874. The summed E-state index contributed by atoms with van der Waals surface area (Å²) in [7, 11) is 1.59. The van der Waals surface area contributed by atoms with Gasteiger partial charge in [-0.25, -0.2) is 9.79 Å². The third-order valence-corrected chi connectivity index (χ3v) is 6.46. The largest absolute Gasteiger partial charge is 0.497 e. The number of amides is 2. The lowest BCUT2D eigenvalue weighted by Gasteiger charge is -2.16. The third-order valence-electron chi connectivity index (χ3n) is 5.29. The highest BCUT2D eigenvalue weighted by atomic mass is 32.2. The fraction of sp³-hybridized carbons (Fsp3) is 0.154. The monoisotopic (exact) mass is 489 g/mol. The van der Waals surface area contributed by atoms with Crippen molar-refractivity contribution in [2.45, 2.75) is 18.2 Å². The second-order valence-electron chi connectivity index (χ2n) is 7.74. The molecule has 3 aromatic carbocycles. The highest BCUT2D eigenvalue weighted by molar-refractivity contribution is 8.15. The van der Waals surface area contributed by atoms with Crippen molar-refractivity contribution in [1.82, 2.24) is 4.90 Å². The number of carbonyl (C=O) groups excluding carboxylic acids is 2. The molecule has 2 amide bonds. The Bertz CT molecular complexity index is 1240. The van der Waals surface area contributed by atoms with Crippen LogP contribution in [0.2, 0.25) is 0 Å². The molecule has 1 saturated heterocycles. The van der Waals surface area contributed by atoms with Crippen molar-refractivity contribution in [2.24, 2.45) is 4.99 Å². The van der Waals surface area contributed by atoms with Crippen molar-refractivity contribution in [3.8, 4) is 5.75 Å². The molecule has 1 atom stereocenters. The van der Waals surface area contributed by atoms with Crippen LogP contribution in [0.5, 0.6) is 5.75 Å². The van der Waals surface area contributed by atoms with Crippen LogP contribution in [-0.2, 0) is 16.1 Å². The van der Waals surface area contributed by atoms with Crippen LogP contribution in [0.25, 0.3) is 0 Å². The standard InChI is InChI=1S/C26H23N3O5S/c1-34-21-13-11-20(12-14-21)28-26-29(16-17-5-3-2-4-6-17)24(31)22(35-26)15-23(30)27-19-9-7-18(8-10-19)25(32)33/h2-14,22H,15-16H2,1H3,(H,27,30)(H,32,33)/t22-/m1/s1. The summed E-state index contributed by atoms with van der Waals surface area (Å²) in [6.07, 6.45) is -0.0445. The van der Waals surface area contributed by atoms with Gasteiger partial charge in [0.2, 0.25) is 11.8 Å². The quantitative estimate of drug-likeness (QED) is 0.480. The predicted octanol–water partition coefficient (Wildman–Crippen LogP) is 4.55. The number of aromatic carboxylic acids is 1. The van der Waals surface area contributed by atoms with E-state index < -0.39 is 11.2 Å². The van der Waals surface area contributed by atoms with E-state index in [1.807, 2.05) is 30.3 Å². The number of hydrogen-bond donors (Lipinski definition) is 2. The minimum absolute atomic E-state index is 0.0445. The summed E-state index contributed by atoms with van der Waals surface area (Å²) < 4.78 is 5.19. The first-order valence-electron chi connectivity index (χ1n) is 10.8. The van der Waals surface area contributed by atoms with Crippen LogP contribution in [0.1, 0.15) is 22.3 Å². The zero-order valence-corrected chi connectivity index (χ0v) is 19.7. The number of benzene rings is 3. The average molecular weight is 490 g/mol. The number of amidine groups is 1. The Morgan fingerprint density at radius 3 is 2.34 bits per heavy atom. The second-order valence-corrected chi connectivity index (χ2v) is 8.91. The molecule has 0 aliphatic carbocycles. The molecular weight excluding hydrogens is 466 g/mol. The lowest BCUT2D eigenvalue weighted by molar-refractivity contribution is -0.128. The number of thioether (sulfide) groups is 1. The summed E-state index contributed by atoms with van der Waals surface area (Å²) in [4.78, 5) is 43.2. The first-order valence-corrected chi connectivity index (χ1v) is 11.7. The number of carbonyl (C=O) groups is 3. The van der Waals surface area contributed by atoms with E-state index in [0.29, 0.717) is 28.8 Å². The molecule has 0 bridgehead atoms. The molecule has 0 saturated carbocycles. The molecule has 2 N–H and O–H groups in total. The number of nitrogens with one attached hydrogen (secondary N) is 1. The molecule has 0 radical (unpaired) electrons. The van der Waals surface area contributed by atoms with Crippen molar-refractivity contribution in [2.75, 3.05) is 12.4 Å². The number of methoxy groups -OCH3 is 1. The summed E-state index contributed by atoms with van der Waals surface area (Å²) in [6.45, 7) is 0.344. The minimum atomic E-state index is -1.04. The number of carboxylic acids is 1. The Morgan fingerprint density at radius 2 is 1.71 bits per heavy atom.